The average molecular weight is 280 g/mol. The molecular weight excluding hydrogens is 270 g/mol. The second-order valence-electron chi connectivity index (χ2n) is 3.97. The molecule has 0 aliphatic heterocycles. The van der Waals surface area contributed by atoms with Gasteiger partial charge in [0, 0.05) is 18.5 Å². The van der Waals surface area contributed by atoms with Crippen molar-refractivity contribution in [2.45, 2.75) is 5.92 Å². The molecule has 0 aliphatic rings. The molecule has 6 nitrogen and oxygen atoms in total. The van der Waals surface area contributed by atoms with Gasteiger partial charge in [-0.1, -0.05) is 0 Å². The lowest BCUT2D eigenvalue weighted by Gasteiger charge is -2.13. The second-order valence-corrected chi connectivity index (χ2v) is 3.97. The van der Waals surface area contributed by atoms with Crippen LogP contribution in [0.4, 0.5) is 14.7 Å². The Morgan fingerprint density at radius 2 is 1.90 bits per heavy atom. The fourth-order valence-corrected chi connectivity index (χ4v) is 1.71. The van der Waals surface area contributed by atoms with Gasteiger partial charge in [0.25, 0.3) is 0 Å². The first kappa shape index (κ1) is 13.7. The molecule has 1 unspecified atom stereocenters. The molecule has 0 spiro atoms. The predicted molar refractivity (Wildman–Crippen MR) is 65.5 cm³/mol. The highest BCUT2D eigenvalue weighted by Crippen LogP contribution is 2.20. The Morgan fingerprint density at radius 3 is 2.40 bits per heavy atom. The maximum absolute atomic E-state index is 13.2. The molecule has 1 atom stereocenters. The van der Waals surface area contributed by atoms with Crippen LogP contribution in [0.1, 0.15) is 11.5 Å². The van der Waals surface area contributed by atoms with Crippen LogP contribution in [0.5, 0.6) is 0 Å². The molecule has 0 fully saturated rings. The molecule has 1 aromatic carbocycles. The van der Waals surface area contributed by atoms with Crippen LogP contribution in [-0.2, 0) is 9.59 Å². The summed E-state index contributed by atoms with van der Waals surface area (Å²) in [7, 11) is 0. The van der Waals surface area contributed by atoms with Gasteiger partial charge >= 0.3 is 0 Å². The number of hydrogen-bond acceptors (Lipinski definition) is 3. The standard InChI is InChI=1S/C12H10F2N4O2/c13-7-3-6(4-8(14)5-7)9(10(15)19)11(20)18-12-16-1-2-17-12/h1-5,9H,(H2,15,19)(H2,16,17,18,20). The Bertz CT molecular complexity index is 623. The maximum Gasteiger partial charge on any atom is 0.243 e. The number of rotatable bonds is 4. The smallest absolute Gasteiger partial charge is 0.243 e. The zero-order valence-electron chi connectivity index (χ0n) is 10.1. The van der Waals surface area contributed by atoms with E-state index in [4.69, 9.17) is 5.73 Å². The highest BCUT2D eigenvalue weighted by Gasteiger charge is 2.28. The van der Waals surface area contributed by atoms with Crippen molar-refractivity contribution in [1.29, 1.82) is 0 Å². The molecule has 8 heteroatoms. The Morgan fingerprint density at radius 1 is 1.25 bits per heavy atom. The molecule has 104 valence electrons. The summed E-state index contributed by atoms with van der Waals surface area (Å²) in [5.74, 6) is -5.10. The van der Waals surface area contributed by atoms with Gasteiger partial charge in [0.05, 0.1) is 0 Å². The number of nitrogens with zero attached hydrogens (tertiary/aromatic N) is 1. The summed E-state index contributed by atoms with van der Waals surface area (Å²) in [6, 6.07) is 2.38. The van der Waals surface area contributed by atoms with E-state index in [2.05, 4.69) is 15.3 Å². The van der Waals surface area contributed by atoms with Crippen molar-refractivity contribution in [2.75, 3.05) is 5.32 Å². The average Bonchev–Trinajstić information content (AvgIpc) is 2.79. The number of carbonyl (C=O) groups excluding carboxylic acids is 2. The third-order valence-corrected chi connectivity index (χ3v) is 2.50. The topological polar surface area (TPSA) is 101 Å². The molecule has 4 N–H and O–H groups in total. The number of H-pyrrole nitrogens is 1. The minimum atomic E-state index is -1.52. The Kier molecular flexibility index (Phi) is 3.74. The molecule has 0 aliphatic carbocycles. The zero-order valence-corrected chi connectivity index (χ0v) is 10.1. The predicted octanol–water partition coefficient (Wildman–Crippen LogP) is 0.895. The monoisotopic (exact) mass is 280 g/mol. The van der Waals surface area contributed by atoms with Crippen LogP contribution in [0.15, 0.2) is 30.6 Å². The van der Waals surface area contributed by atoms with Gasteiger partial charge in [-0.3, -0.25) is 14.9 Å². The number of amides is 2. The molecule has 1 heterocycles. The number of primary amides is 1. The Hall–Kier alpha value is -2.77. The van der Waals surface area contributed by atoms with Crippen molar-refractivity contribution in [1.82, 2.24) is 9.97 Å². The highest BCUT2D eigenvalue weighted by molar-refractivity contribution is 6.10. The van der Waals surface area contributed by atoms with Gasteiger partial charge in [0.15, 0.2) is 0 Å². The van der Waals surface area contributed by atoms with E-state index in [1.807, 2.05) is 0 Å². The number of halogens is 2. The van der Waals surface area contributed by atoms with Crippen molar-refractivity contribution in [3.05, 3.63) is 47.8 Å². The number of nitrogens with two attached hydrogens (primary N) is 1. The number of nitrogens with one attached hydrogen (secondary N) is 2. The molecule has 0 saturated carbocycles. The fraction of sp³-hybridized carbons (Fsp3) is 0.0833. The number of benzene rings is 1. The van der Waals surface area contributed by atoms with E-state index in [9.17, 15) is 18.4 Å². The van der Waals surface area contributed by atoms with Crippen LogP contribution >= 0.6 is 0 Å². The maximum atomic E-state index is 13.2. The van der Waals surface area contributed by atoms with Crippen LogP contribution in [0.3, 0.4) is 0 Å². The molecular formula is C12H10F2N4O2. The number of imidazole rings is 1. The number of aromatic amines is 1. The van der Waals surface area contributed by atoms with Gasteiger partial charge in [-0.15, -0.1) is 0 Å². The van der Waals surface area contributed by atoms with Gasteiger partial charge in [-0.2, -0.15) is 0 Å². The van der Waals surface area contributed by atoms with Gasteiger partial charge in [-0.25, -0.2) is 13.8 Å². The van der Waals surface area contributed by atoms with E-state index in [-0.39, 0.29) is 11.5 Å². The molecule has 0 saturated heterocycles. The lowest BCUT2D eigenvalue weighted by atomic mass is 9.97. The molecule has 20 heavy (non-hydrogen) atoms. The van der Waals surface area contributed by atoms with Gasteiger partial charge in [0.2, 0.25) is 17.8 Å². The van der Waals surface area contributed by atoms with Crippen LogP contribution in [0, 0.1) is 11.6 Å². The first-order valence-corrected chi connectivity index (χ1v) is 5.53. The van der Waals surface area contributed by atoms with Crippen molar-refractivity contribution in [3.8, 4) is 0 Å². The molecule has 2 rings (SSSR count). The van der Waals surface area contributed by atoms with Crippen molar-refractivity contribution >= 4 is 17.8 Å². The van der Waals surface area contributed by atoms with E-state index in [1.54, 1.807) is 0 Å². The fourth-order valence-electron chi connectivity index (χ4n) is 1.71. The minimum Gasteiger partial charge on any atom is -0.369 e. The second kappa shape index (κ2) is 5.47. The Labute approximate surface area is 112 Å². The lowest BCUT2D eigenvalue weighted by molar-refractivity contribution is -0.127. The molecule has 1 aromatic heterocycles. The van der Waals surface area contributed by atoms with E-state index < -0.39 is 29.4 Å². The molecule has 2 amide bonds. The molecule has 0 bridgehead atoms. The zero-order chi connectivity index (χ0) is 14.7. The SMILES string of the molecule is NC(=O)C(C(=O)Nc1ncc[nH]1)c1cc(F)cc(F)c1. The lowest BCUT2D eigenvalue weighted by Crippen LogP contribution is -2.33. The summed E-state index contributed by atoms with van der Waals surface area (Å²) in [4.78, 5) is 29.7. The van der Waals surface area contributed by atoms with Crippen molar-refractivity contribution in [3.63, 3.8) is 0 Å². The Balaban J connectivity index is 2.31. The van der Waals surface area contributed by atoms with Gasteiger partial charge in [0.1, 0.15) is 17.6 Å². The first-order chi connectivity index (χ1) is 9.47. The van der Waals surface area contributed by atoms with Crippen LogP contribution < -0.4 is 11.1 Å². The highest BCUT2D eigenvalue weighted by atomic mass is 19.1. The van der Waals surface area contributed by atoms with Gasteiger partial charge < -0.3 is 10.7 Å². The van der Waals surface area contributed by atoms with Crippen molar-refractivity contribution < 1.29 is 18.4 Å². The number of aromatic nitrogens is 2. The summed E-state index contributed by atoms with van der Waals surface area (Å²) in [6.07, 6.45) is 2.84. The molecule has 0 radical (unpaired) electrons. The van der Waals surface area contributed by atoms with Crippen molar-refractivity contribution in [2.24, 2.45) is 5.73 Å². The summed E-state index contributed by atoms with van der Waals surface area (Å²) < 4.78 is 26.3. The third kappa shape index (κ3) is 2.97. The van der Waals surface area contributed by atoms with Crippen LogP contribution in [-0.4, -0.2) is 21.8 Å². The van der Waals surface area contributed by atoms with E-state index in [0.29, 0.717) is 6.07 Å². The minimum absolute atomic E-state index is 0.0955. The number of carbonyl (C=O) groups is 2. The summed E-state index contributed by atoms with van der Waals surface area (Å²) in [6.45, 7) is 0. The first-order valence-electron chi connectivity index (χ1n) is 5.53. The van der Waals surface area contributed by atoms with Crippen LogP contribution in [0.2, 0.25) is 0 Å². The molecule has 2 aromatic rings. The van der Waals surface area contributed by atoms with Crippen LogP contribution in [0.25, 0.3) is 0 Å². The summed E-state index contributed by atoms with van der Waals surface area (Å²) in [5.41, 5.74) is 4.96. The van der Waals surface area contributed by atoms with E-state index in [1.165, 1.54) is 12.4 Å². The normalized spacial score (nSPS) is 11.9. The summed E-state index contributed by atoms with van der Waals surface area (Å²) >= 11 is 0. The summed E-state index contributed by atoms with van der Waals surface area (Å²) in [5, 5.41) is 2.29. The quantitative estimate of drug-likeness (QED) is 0.725. The number of anilines is 1. The number of hydrogen-bond donors (Lipinski definition) is 3. The third-order valence-electron chi connectivity index (χ3n) is 2.50. The van der Waals surface area contributed by atoms with E-state index >= 15 is 0 Å². The van der Waals surface area contributed by atoms with E-state index in [0.717, 1.165) is 12.1 Å². The largest absolute Gasteiger partial charge is 0.369 e. The van der Waals surface area contributed by atoms with Gasteiger partial charge in [-0.05, 0) is 17.7 Å².